The molecule has 27 heavy (non-hydrogen) atoms. The lowest BCUT2D eigenvalue weighted by atomic mass is 10.3. The Bertz CT molecular complexity index is 998. The van der Waals surface area contributed by atoms with Gasteiger partial charge in [-0.1, -0.05) is 0 Å². The van der Waals surface area contributed by atoms with Gasteiger partial charge in [-0.2, -0.15) is 0 Å². The van der Waals surface area contributed by atoms with E-state index in [2.05, 4.69) is 0 Å². The maximum absolute atomic E-state index is 13.5. The molecule has 7 nitrogen and oxygen atoms in total. The van der Waals surface area contributed by atoms with Gasteiger partial charge in [0.2, 0.25) is 15.9 Å². The summed E-state index contributed by atoms with van der Waals surface area (Å²) in [7, 11) is -4.08. The van der Waals surface area contributed by atoms with Crippen LogP contribution in [0.4, 0.5) is 18.9 Å². The van der Waals surface area contributed by atoms with Crippen molar-refractivity contribution in [2.45, 2.75) is 4.90 Å². The number of hydrogen-bond acceptors (Lipinski definition) is 5. The zero-order chi connectivity index (χ0) is 19.6. The van der Waals surface area contributed by atoms with Crippen LogP contribution in [0.3, 0.4) is 0 Å². The summed E-state index contributed by atoms with van der Waals surface area (Å²) >= 11 is 0. The molecule has 0 fully saturated rings. The van der Waals surface area contributed by atoms with Gasteiger partial charge < -0.3 is 14.8 Å². The number of fused-ring (bicyclic) bond motifs is 1. The molecule has 144 valence electrons. The molecule has 1 heterocycles. The molecule has 0 spiro atoms. The van der Waals surface area contributed by atoms with Gasteiger partial charge in [-0.25, -0.2) is 26.3 Å². The lowest BCUT2D eigenvalue weighted by Gasteiger charge is -2.18. The topological polar surface area (TPSA) is 93.7 Å². The van der Waals surface area contributed by atoms with E-state index >= 15 is 0 Å². The number of sulfonamides is 1. The second-order valence-corrected chi connectivity index (χ2v) is 7.17. The Labute approximate surface area is 152 Å². The van der Waals surface area contributed by atoms with Crippen LogP contribution in [0.5, 0.6) is 11.5 Å². The van der Waals surface area contributed by atoms with E-state index in [0.29, 0.717) is 18.4 Å². The van der Waals surface area contributed by atoms with Crippen LogP contribution < -0.4 is 19.5 Å². The fourth-order valence-corrected chi connectivity index (χ4v) is 3.25. The molecule has 1 aliphatic rings. The molecule has 0 radical (unpaired) electrons. The smallest absolute Gasteiger partial charge is 0.241 e. The molecule has 11 heteroatoms. The third kappa shape index (κ3) is 4.14. The van der Waals surface area contributed by atoms with Crippen LogP contribution in [-0.2, 0) is 14.8 Å². The number of anilines is 1. The van der Waals surface area contributed by atoms with E-state index in [4.69, 9.17) is 9.47 Å². The first-order valence-corrected chi connectivity index (χ1v) is 9.09. The van der Waals surface area contributed by atoms with Crippen molar-refractivity contribution in [2.75, 3.05) is 25.1 Å². The minimum Gasteiger partial charge on any atom is -0.486 e. The van der Waals surface area contributed by atoms with Crippen LogP contribution in [-0.4, -0.2) is 34.1 Å². The van der Waals surface area contributed by atoms with Gasteiger partial charge in [-0.05, 0) is 24.3 Å². The second kappa shape index (κ2) is 7.45. The maximum atomic E-state index is 13.5. The molecular weight excluding hydrogens is 389 g/mol. The summed E-state index contributed by atoms with van der Waals surface area (Å²) in [5.74, 6) is -5.07. The summed E-state index contributed by atoms with van der Waals surface area (Å²) in [6, 6.07) is 5.38. The first-order valence-electron chi connectivity index (χ1n) is 7.60. The minimum absolute atomic E-state index is 0.168. The highest BCUT2D eigenvalue weighted by atomic mass is 32.2. The quantitative estimate of drug-likeness (QED) is 0.744. The number of hydrogen-bond donors (Lipinski definition) is 2. The van der Waals surface area contributed by atoms with Crippen LogP contribution in [0, 0.1) is 17.5 Å². The van der Waals surface area contributed by atoms with Crippen molar-refractivity contribution in [2.24, 2.45) is 0 Å². The average molecular weight is 402 g/mol. The minimum atomic E-state index is -4.08. The Morgan fingerprint density at radius 3 is 2.44 bits per heavy atom. The zero-order valence-corrected chi connectivity index (χ0v) is 14.4. The average Bonchev–Trinajstić information content (AvgIpc) is 2.66. The fraction of sp³-hybridized carbons (Fsp3) is 0.188. The normalized spacial score (nSPS) is 13.3. The van der Waals surface area contributed by atoms with Crippen molar-refractivity contribution in [3.05, 3.63) is 47.8 Å². The molecule has 0 saturated heterocycles. The predicted molar refractivity (Wildman–Crippen MR) is 87.6 cm³/mol. The van der Waals surface area contributed by atoms with Crippen LogP contribution in [0.15, 0.2) is 35.2 Å². The van der Waals surface area contributed by atoms with E-state index < -0.39 is 45.6 Å². The Hall–Kier alpha value is -2.79. The number of nitrogens with one attached hydrogen (secondary N) is 2. The zero-order valence-electron chi connectivity index (χ0n) is 13.6. The van der Waals surface area contributed by atoms with Gasteiger partial charge in [0, 0.05) is 6.07 Å². The van der Waals surface area contributed by atoms with E-state index in [1.54, 1.807) is 0 Å². The first kappa shape index (κ1) is 19.0. The van der Waals surface area contributed by atoms with Crippen molar-refractivity contribution < 1.29 is 35.9 Å². The SMILES string of the molecule is O=C(CNS(=O)(=O)c1ccc2c(c1)OCCO2)Nc1ccc(F)c(F)c1F. The lowest BCUT2D eigenvalue weighted by Crippen LogP contribution is -2.33. The summed E-state index contributed by atoms with van der Waals surface area (Å²) in [6.45, 7) is -0.139. The molecule has 3 rings (SSSR count). The van der Waals surface area contributed by atoms with E-state index in [0.717, 1.165) is 6.07 Å². The number of carbonyl (C=O) groups excluding carboxylic acids is 1. The van der Waals surface area contributed by atoms with E-state index in [-0.39, 0.29) is 17.3 Å². The van der Waals surface area contributed by atoms with Gasteiger partial charge in [0.25, 0.3) is 0 Å². The van der Waals surface area contributed by atoms with Crippen LogP contribution in [0.1, 0.15) is 0 Å². The molecule has 0 unspecified atom stereocenters. The molecule has 1 aliphatic heterocycles. The summed E-state index contributed by atoms with van der Waals surface area (Å²) < 4.78 is 76.7. The van der Waals surface area contributed by atoms with Crippen molar-refractivity contribution in [1.82, 2.24) is 4.72 Å². The number of carbonyl (C=O) groups is 1. The number of halogens is 3. The number of rotatable bonds is 5. The van der Waals surface area contributed by atoms with Crippen molar-refractivity contribution in [3.8, 4) is 11.5 Å². The highest BCUT2D eigenvalue weighted by Crippen LogP contribution is 2.32. The molecule has 0 aromatic heterocycles. The monoisotopic (exact) mass is 402 g/mol. The summed E-state index contributed by atoms with van der Waals surface area (Å²) in [5.41, 5.74) is -0.613. The van der Waals surface area contributed by atoms with Crippen LogP contribution in [0.2, 0.25) is 0 Å². The van der Waals surface area contributed by atoms with Gasteiger partial charge in [0.05, 0.1) is 17.1 Å². The highest BCUT2D eigenvalue weighted by molar-refractivity contribution is 7.89. The van der Waals surface area contributed by atoms with Crippen molar-refractivity contribution in [3.63, 3.8) is 0 Å². The Morgan fingerprint density at radius 2 is 1.70 bits per heavy atom. The van der Waals surface area contributed by atoms with E-state index in [1.165, 1.54) is 18.2 Å². The standard InChI is InChI=1S/C16H13F3N2O5S/c17-10-2-3-11(16(19)15(10)18)21-14(22)8-20-27(23,24)9-1-4-12-13(7-9)26-6-5-25-12/h1-4,7,20H,5-6,8H2,(H,21,22). The molecule has 2 aromatic rings. The van der Waals surface area contributed by atoms with Crippen LogP contribution in [0.25, 0.3) is 0 Å². The summed E-state index contributed by atoms with van der Waals surface area (Å²) in [5, 5.41) is 1.96. The molecule has 0 atom stereocenters. The molecule has 0 bridgehead atoms. The maximum Gasteiger partial charge on any atom is 0.241 e. The molecule has 1 amide bonds. The molecule has 0 aliphatic carbocycles. The van der Waals surface area contributed by atoms with Crippen LogP contribution >= 0.6 is 0 Å². The summed E-state index contributed by atoms with van der Waals surface area (Å²) in [4.78, 5) is 11.6. The Morgan fingerprint density at radius 1 is 1.00 bits per heavy atom. The molecule has 0 saturated carbocycles. The third-order valence-corrected chi connectivity index (χ3v) is 4.95. The molecular formula is C16H13F3N2O5S. The molecule has 2 aromatic carbocycles. The Kier molecular flexibility index (Phi) is 5.24. The first-order chi connectivity index (χ1) is 12.8. The fourth-order valence-electron chi connectivity index (χ4n) is 2.25. The second-order valence-electron chi connectivity index (χ2n) is 5.40. The van der Waals surface area contributed by atoms with Gasteiger partial charge in [0.1, 0.15) is 13.2 Å². The highest BCUT2D eigenvalue weighted by Gasteiger charge is 2.21. The largest absolute Gasteiger partial charge is 0.486 e. The lowest BCUT2D eigenvalue weighted by molar-refractivity contribution is -0.115. The van der Waals surface area contributed by atoms with Gasteiger partial charge >= 0.3 is 0 Å². The van der Waals surface area contributed by atoms with Crippen molar-refractivity contribution in [1.29, 1.82) is 0 Å². The number of ether oxygens (including phenoxy) is 2. The van der Waals surface area contributed by atoms with Gasteiger partial charge in [0.15, 0.2) is 29.0 Å². The number of amides is 1. The molecule has 2 N–H and O–H groups in total. The predicted octanol–water partition coefficient (Wildman–Crippen LogP) is 1.79. The van der Waals surface area contributed by atoms with Gasteiger partial charge in [-0.3, -0.25) is 4.79 Å². The van der Waals surface area contributed by atoms with E-state index in [1.807, 2.05) is 10.0 Å². The Balaban J connectivity index is 1.67. The third-order valence-electron chi connectivity index (χ3n) is 3.56. The van der Waals surface area contributed by atoms with Crippen molar-refractivity contribution >= 4 is 21.6 Å². The van der Waals surface area contributed by atoms with Gasteiger partial charge in [-0.15, -0.1) is 0 Å². The summed E-state index contributed by atoms with van der Waals surface area (Å²) in [6.07, 6.45) is 0. The number of benzene rings is 2. The van der Waals surface area contributed by atoms with E-state index in [9.17, 15) is 26.4 Å².